The molecule has 0 aliphatic rings. The predicted molar refractivity (Wildman–Crippen MR) is 80.6 cm³/mol. The van der Waals surface area contributed by atoms with Crippen molar-refractivity contribution in [3.8, 4) is 11.5 Å². The van der Waals surface area contributed by atoms with Crippen LogP contribution in [0.5, 0.6) is 11.5 Å². The molecule has 2 rings (SSSR count). The molecule has 0 fully saturated rings. The first-order chi connectivity index (χ1) is 10.0. The second-order valence-corrected chi connectivity index (χ2v) is 4.30. The molecular formula is C15H16N2O4. The molecule has 6 nitrogen and oxygen atoms in total. The van der Waals surface area contributed by atoms with E-state index in [-0.39, 0.29) is 11.3 Å². The summed E-state index contributed by atoms with van der Waals surface area (Å²) in [4.78, 5) is 11.1. The monoisotopic (exact) mass is 288 g/mol. The number of benzene rings is 2. The van der Waals surface area contributed by atoms with E-state index in [2.05, 4.69) is 5.32 Å². The number of nitrogen functional groups attached to an aromatic ring is 1. The fourth-order valence-corrected chi connectivity index (χ4v) is 1.88. The molecule has 0 unspecified atom stereocenters. The predicted octanol–water partition coefficient (Wildman–Crippen LogP) is 2.73. The van der Waals surface area contributed by atoms with Crippen LogP contribution in [0.15, 0.2) is 36.4 Å². The van der Waals surface area contributed by atoms with Crippen LogP contribution in [0.3, 0.4) is 0 Å². The molecule has 2 aromatic carbocycles. The lowest BCUT2D eigenvalue weighted by Gasteiger charge is -2.13. The van der Waals surface area contributed by atoms with Crippen molar-refractivity contribution in [2.75, 3.05) is 25.3 Å². The minimum Gasteiger partial charge on any atom is -0.497 e. The van der Waals surface area contributed by atoms with Gasteiger partial charge in [0.15, 0.2) is 0 Å². The number of carboxylic acids is 1. The number of methoxy groups -OCH3 is 2. The summed E-state index contributed by atoms with van der Waals surface area (Å²) >= 11 is 0. The summed E-state index contributed by atoms with van der Waals surface area (Å²) in [6.07, 6.45) is 0. The average molecular weight is 288 g/mol. The number of nitrogens with one attached hydrogen (secondary N) is 1. The molecule has 4 N–H and O–H groups in total. The Morgan fingerprint density at radius 1 is 1.14 bits per heavy atom. The number of hydrogen-bond acceptors (Lipinski definition) is 5. The van der Waals surface area contributed by atoms with Crippen molar-refractivity contribution < 1.29 is 19.4 Å². The maximum Gasteiger partial charge on any atom is 0.337 e. The second kappa shape index (κ2) is 6.04. The quantitative estimate of drug-likeness (QED) is 0.732. The largest absolute Gasteiger partial charge is 0.497 e. The van der Waals surface area contributed by atoms with E-state index < -0.39 is 5.97 Å². The molecule has 0 heterocycles. The number of rotatable bonds is 5. The highest BCUT2D eigenvalue weighted by atomic mass is 16.5. The van der Waals surface area contributed by atoms with Crippen molar-refractivity contribution in [1.29, 1.82) is 0 Å². The number of anilines is 3. The van der Waals surface area contributed by atoms with Crippen molar-refractivity contribution in [3.05, 3.63) is 42.0 Å². The van der Waals surface area contributed by atoms with Gasteiger partial charge in [-0.2, -0.15) is 0 Å². The number of nitrogens with two attached hydrogens (primary N) is 1. The second-order valence-electron chi connectivity index (χ2n) is 4.30. The number of ether oxygens (including phenoxy) is 2. The zero-order valence-electron chi connectivity index (χ0n) is 11.7. The van der Waals surface area contributed by atoms with Gasteiger partial charge < -0.3 is 25.6 Å². The maximum absolute atomic E-state index is 11.1. The van der Waals surface area contributed by atoms with E-state index in [9.17, 15) is 4.79 Å². The van der Waals surface area contributed by atoms with E-state index in [1.165, 1.54) is 6.07 Å². The molecule has 0 aliphatic carbocycles. The molecule has 0 aliphatic heterocycles. The van der Waals surface area contributed by atoms with Crippen molar-refractivity contribution in [2.45, 2.75) is 0 Å². The van der Waals surface area contributed by atoms with Gasteiger partial charge in [0.1, 0.15) is 11.5 Å². The van der Waals surface area contributed by atoms with Crippen molar-refractivity contribution >= 4 is 23.0 Å². The Kier molecular flexibility index (Phi) is 4.18. The van der Waals surface area contributed by atoms with Crippen LogP contribution in [0.25, 0.3) is 0 Å². The van der Waals surface area contributed by atoms with E-state index in [1.807, 2.05) is 0 Å². The standard InChI is InChI=1S/C15H16N2O4/c1-20-10-4-6-13(14(8-10)21-2)17-9-3-5-12(16)11(7-9)15(18)19/h3-8,17H,16H2,1-2H3,(H,18,19). The molecule has 0 saturated carbocycles. The van der Waals surface area contributed by atoms with E-state index in [1.54, 1.807) is 44.6 Å². The number of carbonyl (C=O) groups is 1. The third-order valence-electron chi connectivity index (χ3n) is 2.97. The third kappa shape index (κ3) is 3.17. The molecule has 2 aromatic rings. The Balaban J connectivity index is 2.34. The van der Waals surface area contributed by atoms with E-state index >= 15 is 0 Å². The van der Waals surface area contributed by atoms with Crippen LogP contribution in [-0.4, -0.2) is 25.3 Å². The average Bonchev–Trinajstić information content (AvgIpc) is 2.49. The first kappa shape index (κ1) is 14.5. The highest BCUT2D eigenvalue weighted by molar-refractivity contribution is 5.95. The van der Waals surface area contributed by atoms with Crippen LogP contribution in [0.4, 0.5) is 17.1 Å². The van der Waals surface area contributed by atoms with Gasteiger partial charge in [0.25, 0.3) is 0 Å². The molecule has 0 amide bonds. The van der Waals surface area contributed by atoms with E-state index in [0.29, 0.717) is 22.9 Å². The maximum atomic E-state index is 11.1. The zero-order valence-corrected chi connectivity index (χ0v) is 11.7. The Morgan fingerprint density at radius 3 is 2.52 bits per heavy atom. The van der Waals surface area contributed by atoms with Crippen molar-refractivity contribution in [1.82, 2.24) is 0 Å². The Hall–Kier alpha value is -2.89. The van der Waals surface area contributed by atoms with Gasteiger partial charge in [0, 0.05) is 17.4 Å². The van der Waals surface area contributed by atoms with Gasteiger partial charge in [0.2, 0.25) is 0 Å². The van der Waals surface area contributed by atoms with E-state index in [4.69, 9.17) is 20.3 Å². The molecule has 6 heteroatoms. The van der Waals surface area contributed by atoms with Crippen LogP contribution < -0.4 is 20.5 Å². The van der Waals surface area contributed by atoms with Gasteiger partial charge in [-0.05, 0) is 30.3 Å². The Bertz CT molecular complexity index is 671. The molecule has 0 atom stereocenters. The topological polar surface area (TPSA) is 93.8 Å². The number of carboxylic acid groups (broad SMARTS) is 1. The number of aromatic carboxylic acids is 1. The fraction of sp³-hybridized carbons (Fsp3) is 0.133. The smallest absolute Gasteiger partial charge is 0.337 e. The van der Waals surface area contributed by atoms with Crippen molar-refractivity contribution in [3.63, 3.8) is 0 Å². The minimum atomic E-state index is -1.07. The van der Waals surface area contributed by atoms with Crippen LogP contribution in [0.2, 0.25) is 0 Å². The SMILES string of the molecule is COc1ccc(Nc2ccc(N)c(C(=O)O)c2)c(OC)c1. The van der Waals surface area contributed by atoms with Gasteiger partial charge in [-0.25, -0.2) is 4.79 Å². The molecule has 21 heavy (non-hydrogen) atoms. The number of hydrogen-bond donors (Lipinski definition) is 3. The van der Waals surface area contributed by atoms with Crippen molar-refractivity contribution in [2.24, 2.45) is 0 Å². The molecule has 0 radical (unpaired) electrons. The summed E-state index contributed by atoms with van der Waals surface area (Å²) in [5, 5.41) is 12.2. The van der Waals surface area contributed by atoms with Gasteiger partial charge >= 0.3 is 5.97 Å². The van der Waals surface area contributed by atoms with Gasteiger partial charge in [-0.3, -0.25) is 0 Å². The normalized spacial score (nSPS) is 10.0. The summed E-state index contributed by atoms with van der Waals surface area (Å²) in [5.74, 6) is 0.182. The van der Waals surface area contributed by atoms with Crippen LogP contribution in [0, 0.1) is 0 Å². The van der Waals surface area contributed by atoms with Gasteiger partial charge in [-0.15, -0.1) is 0 Å². The van der Waals surface area contributed by atoms with E-state index in [0.717, 1.165) is 0 Å². The molecule has 0 saturated heterocycles. The summed E-state index contributed by atoms with van der Waals surface area (Å²) < 4.78 is 10.4. The molecular weight excluding hydrogens is 272 g/mol. The first-order valence-corrected chi connectivity index (χ1v) is 6.17. The fourth-order valence-electron chi connectivity index (χ4n) is 1.88. The van der Waals surface area contributed by atoms with Crippen LogP contribution in [0.1, 0.15) is 10.4 Å². The molecule has 0 aromatic heterocycles. The first-order valence-electron chi connectivity index (χ1n) is 6.17. The van der Waals surface area contributed by atoms with Crippen LogP contribution >= 0.6 is 0 Å². The molecule has 0 bridgehead atoms. The molecule has 110 valence electrons. The lowest BCUT2D eigenvalue weighted by Crippen LogP contribution is -2.03. The summed E-state index contributed by atoms with van der Waals surface area (Å²) in [5.41, 5.74) is 7.19. The lowest BCUT2D eigenvalue weighted by molar-refractivity contribution is 0.0698. The highest BCUT2D eigenvalue weighted by Crippen LogP contribution is 2.32. The zero-order chi connectivity index (χ0) is 15.4. The minimum absolute atomic E-state index is 0.0486. The summed E-state index contributed by atoms with van der Waals surface area (Å²) in [6.45, 7) is 0. The van der Waals surface area contributed by atoms with Gasteiger partial charge in [-0.1, -0.05) is 0 Å². The lowest BCUT2D eigenvalue weighted by atomic mass is 10.1. The highest BCUT2D eigenvalue weighted by Gasteiger charge is 2.10. The Morgan fingerprint density at radius 2 is 1.90 bits per heavy atom. The van der Waals surface area contributed by atoms with Crippen LogP contribution in [-0.2, 0) is 0 Å². The summed E-state index contributed by atoms with van der Waals surface area (Å²) in [7, 11) is 3.12. The summed E-state index contributed by atoms with van der Waals surface area (Å²) in [6, 6.07) is 10.0. The van der Waals surface area contributed by atoms with Gasteiger partial charge in [0.05, 0.1) is 25.5 Å². The Labute approximate surface area is 122 Å². The third-order valence-corrected chi connectivity index (χ3v) is 2.97. The molecule has 0 spiro atoms.